The maximum Gasteiger partial charge on any atom is 0.369 e. The van der Waals surface area contributed by atoms with Gasteiger partial charge in [-0.05, 0) is 0 Å². The minimum atomic E-state index is -1.75. The van der Waals surface area contributed by atoms with Crippen LogP contribution in [0.3, 0.4) is 0 Å². The van der Waals surface area contributed by atoms with Crippen molar-refractivity contribution in [1.82, 2.24) is 0 Å². The molecule has 7 nitrogen and oxygen atoms in total. The predicted octanol–water partition coefficient (Wildman–Crippen LogP) is 0.265. The molecule has 1 aliphatic heterocycles. The van der Waals surface area contributed by atoms with Crippen LogP contribution in [0.2, 0.25) is 0 Å². The predicted molar refractivity (Wildman–Crippen MR) is 30.4 cm³/mol. The first kappa shape index (κ1) is 7.67. The first-order valence-electron chi connectivity index (χ1n) is 2.86. The molecule has 2 amide bonds. The van der Waals surface area contributed by atoms with Gasteiger partial charge in [-0.1, -0.05) is 0 Å². The van der Waals surface area contributed by atoms with E-state index in [0.717, 1.165) is 0 Å². The second-order valence-electron chi connectivity index (χ2n) is 2.07. The Hall–Kier alpha value is -1.43. The molecule has 1 heterocycles. The summed E-state index contributed by atoms with van der Waals surface area (Å²) in [7, 11) is 0. The molecule has 7 heteroatoms. The number of carbonyl (C=O) groups is 2. The number of imide groups is 1. The lowest BCUT2D eigenvalue weighted by molar-refractivity contribution is -0.978. The summed E-state index contributed by atoms with van der Waals surface area (Å²) < 4.78 is -1.75. The molecule has 0 atom stereocenters. The lowest BCUT2D eigenvalue weighted by atomic mass is 10.4. The highest BCUT2D eigenvalue weighted by Crippen LogP contribution is 2.20. The number of hydroxylamine groups is 2. The summed E-state index contributed by atoms with van der Waals surface area (Å²) in [5, 5.41) is 11.7. The molecule has 0 aromatic rings. The van der Waals surface area contributed by atoms with Gasteiger partial charge in [0.1, 0.15) is 0 Å². The molecule has 0 radical (unpaired) electrons. The molecule has 0 bridgehead atoms. The van der Waals surface area contributed by atoms with E-state index in [1.807, 2.05) is 0 Å². The number of amides is 2. The zero-order valence-corrected chi connectivity index (χ0v) is 5.47. The largest absolute Gasteiger partial charge is 0.369 e. The van der Waals surface area contributed by atoms with Crippen LogP contribution in [0.5, 0.6) is 0 Å². The molecule has 11 heavy (non-hydrogen) atoms. The fraction of sp³-hybridized carbons (Fsp3) is 0.500. The van der Waals surface area contributed by atoms with Gasteiger partial charge in [-0.25, -0.2) is 9.59 Å². The summed E-state index contributed by atoms with van der Waals surface area (Å²) in [4.78, 5) is 23.7. The minimum absolute atomic E-state index is 0.0750. The average Bonchev–Trinajstić information content (AvgIpc) is 2.19. The second-order valence-corrected chi connectivity index (χ2v) is 2.07. The molecule has 1 aliphatic rings. The van der Waals surface area contributed by atoms with Gasteiger partial charge in [0, 0.05) is 5.53 Å². The number of quaternary nitrogens is 1. The third-order valence-electron chi connectivity index (χ3n) is 1.42. The van der Waals surface area contributed by atoms with Crippen LogP contribution in [0.1, 0.15) is 12.8 Å². The first-order valence-corrected chi connectivity index (χ1v) is 2.86. The van der Waals surface area contributed by atoms with Gasteiger partial charge in [-0.15, -0.1) is 0 Å². The van der Waals surface area contributed by atoms with Crippen LogP contribution >= 0.6 is 0 Å². The molecule has 0 aromatic heterocycles. The molecule has 0 aromatic carbocycles. The Bertz CT molecular complexity index is 251. The van der Waals surface area contributed by atoms with Crippen LogP contribution < -0.4 is 0 Å². The highest BCUT2D eigenvalue weighted by atomic mass is 16.6. The van der Waals surface area contributed by atoms with Crippen molar-refractivity contribution in [3.8, 4) is 0 Å². The van der Waals surface area contributed by atoms with Gasteiger partial charge in [0.15, 0.2) is 5.22 Å². The molecule has 1 rings (SSSR count). The summed E-state index contributed by atoms with van der Waals surface area (Å²) >= 11 is 0. The molecular formula is C4H5N4O3+. The first-order chi connectivity index (χ1) is 5.11. The van der Waals surface area contributed by atoms with Crippen LogP contribution in [0.4, 0.5) is 0 Å². The summed E-state index contributed by atoms with van der Waals surface area (Å²) in [5.74, 6) is -1.57. The molecule has 0 spiro atoms. The standard InChI is InChI=1S/C4H5N4O3/c5-6-7-8(11)3(9)1-2-4(8)10/h11H,1-2H2/q+1. The van der Waals surface area contributed by atoms with E-state index in [1.54, 1.807) is 0 Å². The lowest BCUT2D eigenvalue weighted by Gasteiger charge is -2.07. The molecular weight excluding hydrogens is 152 g/mol. The zero-order chi connectivity index (χ0) is 8.48. The van der Waals surface area contributed by atoms with Gasteiger partial charge in [0.05, 0.1) is 22.5 Å². The highest BCUT2D eigenvalue weighted by molar-refractivity contribution is 5.90. The maximum absolute atomic E-state index is 10.7. The number of rotatable bonds is 1. The number of azide groups is 1. The Morgan fingerprint density at radius 1 is 1.45 bits per heavy atom. The minimum Gasteiger partial charge on any atom is -0.225 e. The Morgan fingerprint density at radius 2 is 1.91 bits per heavy atom. The smallest absolute Gasteiger partial charge is 0.225 e. The molecule has 1 saturated heterocycles. The quantitative estimate of drug-likeness (QED) is 0.147. The van der Waals surface area contributed by atoms with Crippen molar-refractivity contribution in [3.05, 3.63) is 10.4 Å². The third kappa shape index (κ3) is 0.966. The number of nitrogens with zero attached hydrogens (tertiary/aromatic N) is 4. The van der Waals surface area contributed by atoms with Crippen molar-refractivity contribution < 1.29 is 19.6 Å². The number of hydrogen-bond acceptors (Lipinski definition) is 4. The monoisotopic (exact) mass is 157 g/mol. The van der Waals surface area contributed by atoms with Crippen molar-refractivity contribution in [3.63, 3.8) is 0 Å². The van der Waals surface area contributed by atoms with E-state index in [4.69, 9.17) is 10.7 Å². The van der Waals surface area contributed by atoms with Gasteiger partial charge in [-0.3, -0.25) is 0 Å². The topological polar surface area (TPSA) is 103 Å². The summed E-state index contributed by atoms with van der Waals surface area (Å²) in [5.41, 5.74) is 7.91. The highest BCUT2D eigenvalue weighted by Gasteiger charge is 2.51. The number of carbonyl (C=O) groups excluding carboxylic acids is 2. The van der Waals surface area contributed by atoms with Crippen LogP contribution in [-0.2, 0) is 9.59 Å². The normalized spacial score (nSPS) is 21.5. The van der Waals surface area contributed by atoms with Gasteiger partial charge in [0.25, 0.3) is 0 Å². The van der Waals surface area contributed by atoms with E-state index in [0.29, 0.717) is 0 Å². The van der Waals surface area contributed by atoms with Crippen molar-refractivity contribution in [2.24, 2.45) is 5.22 Å². The van der Waals surface area contributed by atoms with Crippen molar-refractivity contribution in [2.75, 3.05) is 0 Å². The Balaban J connectivity index is 3.07. The Kier molecular flexibility index (Phi) is 1.61. The van der Waals surface area contributed by atoms with E-state index in [2.05, 4.69) is 10.1 Å². The van der Waals surface area contributed by atoms with Crippen LogP contribution in [0.25, 0.3) is 10.4 Å². The SMILES string of the molecule is [N-]=[N+]=N[N+]1(O)C(=O)CCC1=O. The molecule has 0 unspecified atom stereocenters. The maximum atomic E-state index is 10.7. The van der Waals surface area contributed by atoms with E-state index in [-0.39, 0.29) is 12.8 Å². The van der Waals surface area contributed by atoms with E-state index >= 15 is 0 Å². The lowest BCUT2D eigenvalue weighted by Crippen LogP contribution is -2.43. The second kappa shape index (κ2) is 2.31. The van der Waals surface area contributed by atoms with E-state index in [1.165, 1.54) is 0 Å². The van der Waals surface area contributed by atoms with E-state index < -0.39 is 16.6 Å². The average molecular weight is 157 g/mol. The summed E-state index contributed by atoms with van der Waals surface area (Å²) in [6.07, 6.45) is -0.150. The molecule has 0 saturated carbocycles. The third-order valence-corrected chi connectivity index (χ3v) is 1.42. The summed E-state index contributed by atoms with van der Waals surface area (Å²) in [6, 6.07) is 0. The van der Waals surface area contributed by atoms with E-state index in [9.17, 15) is 9.59 Å². The van der Waals surface area contributed by atoms with Crippen LogP contribution in [0, 0.1) is 0 Å². The van der Waals surface area contributed by atoms with Crippen molar-refractivity contribution >= 4 is 11.8 Å². The van der Waals surface area contributed by atoms with Gasteiger partial charge in [0.2, 0.25) is 0 Å². The Morgan fingerprint density at radius 3 is 2.27 bits per heavy atom. The Labute approximate surface area is 61.0 Å². The molecule has 1 N–H and O–H groups in total. The van der Waals surface area contributed by atoms with Gasteiger partial charge in [-0.2, -0.15) is 5.21 Å². The number of hydrogen-bond donors (Lipinski definition) is 1. The summed E-state index contributed by atoms with van der Waals surface area (Å²) in [6.45, 7) is 0. The van der Waals surface area contributed by atoms with Crippen LogP contribution in [-0.4, -0.2) is 21.8 Å². The fourth-order valence-corrected chi connectivity index (χ4v) is 0.822. The van der Waals surface area contributed by atoms with Crippen molar-refractivity contribution in [1.29, 1.82) is 0 Å². The van der Waals surface area contributed by atoms with Crippen molar-refractivity contribution in [2.45, 2.75) is 12.8 Å². The fourth-order valence-electron chi connectivity index (χ4n) is 0.822. The van der Waals surface area contributed by atoms with Gasteiger partial charge < -0.3 is 0 Å². The molecule has 58 valence electrons. The van der Waals surface area contributed by atoms with Crippen LogP contribution in [0.15, 0.2) is 5.22 Å². The van der Waals surface area contributed by atoms with Gasteiger partial charge >= 0.3 is 11.8 Å². The zero-order valence-electron chi connectivity index (χ0n) is 5.47. The molecule has 1 fully saturated rings. The molecule has 0 aliphatic carbocycles.